The van der Waals surface area contributed by atoms with Crippen molar-refractivity contribution in [3.63, 3.8) is 0 Å². The van der Waals surface area contributed by atoms with Gasteiger partial charge in [0.25, 0.3) is 0 Å². The van der Waals surface area contributed by atoms with E-state index in [0.717, 1.165) is 22.6 Å². The normalized spacial score (nSPS) is 22.6. The van der Waals surface area contributed by atoms with Gasteiger partial charge >= 0.3 is 0 Å². The summed E-state index contributed by atoms with van der Waals surface area (Å²) in [6.07, 6.45) is 0. The van der Waals surface area contributed by atoms with Crippen LogP contribution in [0, 0.1) is 27.7 Å². The van der Waals surface area contributed by atoms with Gasteiger partial charge in [0.05, 0.1) is 40.5 Å². The molecule has 2 aliphatic heterocycles. The van der Waals surface area contributed by atoms with Gasteiger partial charge in [-0.1, -0.05) is 30.3 Å². The fourth-order valence-electron chi connectivity index (χ4n) is 8.11. The lowest BCUT2D eigenvalue weighted by Gasteiger charge is -2.56. The summed E-state index contributed by atoms with van der Waals surface area (Å²) in [5.74, 6) is 5.01. The smallest absolute Gasteiger partial charge is 0.161 e. The minimum atomic E-state index is -0.586. The van der Waals surface area contributed by atoms with Gasteiger partial charge < -0.3 is 28.4 Å². The Morgan fingerprint density at radius 2 is 1.20 bits per heavy atom. The highest BCUT2D eigenvalue weighted by Gasteiger charge is 2.59. The Hall–Kier alpha value is -4.32. The summed E-state index contributed by atoms with van der Waals surface area (Å²) in [6.45, 7) is 9.68. The van der Waals surface area contributed by atoms with Gasteiger partial charge in [-0.3, -0.25) is 0 Å². The lowest BCUT2D eigenvalue weighted by Crippen LogP contribution is -2.52. The van der Waals surface area contributed by atoms with Crippen LogP contribution in [-0.4, -0.2) is 41.7 Å². The van der Waals surface area contributed by atoms with Crippen molar-refractivity contribution in [3.05, 3.63) is 105 Å². The minimum Gasteiger partial charge on any atom is -0.493 e. The van der Waals surface area contributed by atoms with E-state index in [9.17, 15) is 0 Å². The van der Waals surface area contributed by atoms with Crippen LogP contribution in [0.3, 0.4) is 0 Å². The quantitative estimate of drug-likeness (QED) is 0.237. The van der Waals surface area contributed by atoms with Crippen molar-refractivity contribution in [3.8, 4) is 34.5 Å². The van der Waals surface area contributed by atoms with Crippen LogP contribution in [0.25, 0.3) is 0 Å². The molecule has 0 saturated carbocycles. The minimum absolute atomic E-state index is 0.0315. The van der Waals surface area contributed by atoms with Crippen LogP contribution in [0.2, 0.25) is 0 Å². The van der Waals surface area contributed by atoms with E-state index in [0.29, 0.717) is 36.2 Å². The van der Waals surface area contributed by atoms with Crippen molar-refractivity contribution in [1.82, 2.24) is 0 Å². The molecular weight excluding hydrogens is 552 g/mol. The van der Waals surface area contributed by atoms with Crippen LogP contribution in [0.5, 0.6) is 34.5 Å². The number of hydrogen-bond donors (Lipinski definition) is 0. The van der Waals surface area contributed by atoms with Gasteiger partial charge in [-0.05, 0) is 102 Å². The van der Waals surface area contributed by atoms with Crippen molar-refractivity contribution in [2.24, 2.45) is 0 Å². The van der Waals surface area contributed by atoms with Crippen LogP contribution < -0.4 is 28.4 Å². The van der Waals surface area contributed by atoms with Crippen molar-refractivity contribution in [2.45, 2.75) is 50.9 Å². The molecule has 4 atom stereocenters. The Kier molecular flexibility index (Phi) is 6.72. The van der Waals surface area contributed by atoms with E-state index in [4.69, 9.17) is 28.4 Å². The van der Waals surface area contributed by atoms with Gasteiger partial charge in [-0.2, -0.15) is 0 Å². The molecule has 1 aliphatic carbocycles. The summed E-state index contributed by atoms with van der Waals surface area (Å²) >= 11 is 0. The van der Waals surface area contributed by atoms with Gasteiger partial charge in [0.1, 0.15) is 18.1 Å². The summed E-state index contributed by atoms with van der Waals surface area (Å²) in [5, 5.41) is 0. The van der Waals surface area contributed by atoms with Crippen molar-refractivity contribution in [1.29, 1.82) is 0 Å². The van der Waals surface area contributed by atoms with Crippen molar-refractivity contribution in [2.75, 3.05) is 41.7 Å². The second-order valence-corrected chi connectivity index (χ2v) is 12.4. The first kappa shape index (κ1) is 28.5. The topological polar surface area (TPSA) is 55.4 Å². The van der Waals surface area contributed by atoms with Crippen LogP contribution in [0.15, 0.2) is 54.6 Å². The predicted octanol–water partition coefficient (Wildman–Crippen LogP) is 7.69. The third kappa shape index (κ3) is 3.79. The molecular formula is C38H40O6. The van der Waals surface area contributed by atoms with Crippen LogP contribution >= 0.6 is 0 Å². The van der Waals surface area contributed by atoms with Crippen LogP contribution in [-0.2, 0) is 5.41 Å². The van der Waals surface area contributed by atoms with Gasteiger partial charge in [0.15, 0.2) is 23.0 Å². The zero-order chi connectivity index (χ0) is 30.9. The zero-order valence-electron chi connectivity index (χ0n) is 26.8. The molecule has 0 aromatic heterocycles. The van der Waals surface area contributed by atoms with Gasteiger partial charge in [-0.15, -0.1) is 0 Å². The third-order valence-corrected chi connectivity index (χ3v) is 10.6. The molecule has 3 aliphatic rings. The summed E-state index contributed by atoms with van der Waals surface area (Å²) in [4.78, 5) is 0. The van der Waals surface area contributed by atoms with E-state index in [1.54, 1.807) is 28.4 Å². The molecule has 0 amide bonds. The fourth-order valence-corrected chi connectivity index (χ4v) is 8.11. The molecule has 44 heavy (non-hydrogen) atoms. The fraction of sp³-hybridized carbons (Fsp3) is 0.368. The third-order valence-electron chi connectivity index (χ3n) is 10.6. The highest BCUT2D eigenvalue weighted by molar-refractivity contribution is 5.67. The molecule has 7 rings (SSSR count). The first-order valence-electron chi connectivity index (χ1n) is 15.2. The molecule has 4 unspecified atom stereocenters. The van der Waals surface area contributed by atoms with E-state index in [2.05, 4.69) is 76.2 Å². The molecule has 4 aromatic carbocycles. The van der Waals surface area contributed by atoms with Crippen molar-refractivity contribution >= 4 is 0 Å². The molecule has 6 heteroatoms. The Balaban J connectivity index is 1.63. The molecule has 0 saturated heterocycles. The molecule has 0 spiro atoms. The Labute approximate surface area is 259 Å². The molecule has 228 valence electrons. The molecule has 0 bridgehead atoms. The molecule has 0 fully saturated rings. The Morgan fingerprint density at radius 3 is 1.86 bits per heavy atom. The molecule has 2 heterocycles. The van der Waals surface area contributed by atoms with Gasteiger partial charge in [0, 0.05) is 17.8 Å². The van der Waals surface area contributed by atoms with E-state index in [1.807, 2.05) is 6.07 Å². The predicted molar refractivity (Wildman–Crippen MR) is 171 cm³/mol. The zero-order valence-corrected chi connectivity index (χ0v) is 26.8. The second kappa shape index (κ2) is 10.4. The molecule has 4 aromatic rings. The van der Waals surface area contributed by atoms with Crippen LogP contribution in [0.1, 0.15) is 67.8 Å². The Bertz CT molecular complexity index is 1790. The molecule has 0 N–H and O–H groups in total. The average molecular weight is 593 g/mol. The maximum absolute atomic E-state index is 6.91. The molecule has 6 nitrogen and oxygen atoms in total. The summed E-state index contributed by atoms with van der Waals surface area (Å²) in [7, 11) is 6.75. The highest BCUT2D eigenvalue weighted by atomic mass is 16.5. The monoisotopic (exact) mass is 592 g/mol. The number of fused-ring (bicyclic) bond motifs is 10. The number of methoxy groups -OCH3 is 4. The second-order valence-electron chi connectivity index (χ2n) is 12.4. The Morgan fingerprint density at radius 1 is 0.614 bits per heavy atom. The lowest BCUT2D eigenvalue weighted by molar-refractivity contribution is 0.124. The van der Waals surface area contributed by atoms with Gasteiger partial charge in [0.2, 0.25) is 0 Å². The van der Waals surface area contributed by atoms with Crippen LogP contribution in [0.4, 0.5) is 0 Å². The summed E-state index contributed by atoms with van der Waals surface area (Å²) in [5.41, 5.74) is 10.2. The first-order valence-corrected chi connectivity index (χ1v) is 15.2. The average Bonchev–Trinajstić information content (AvgIpc) is 3.06. The van der Waals surface area contributed by atoms with Gasteiger partial charge in [-0.25, -0.2) is 0 Å². The van der Waals surface area contributed by atoms with E-state index in [-0.39, 0.29) is 17.8 Å². The maximum atomic E-state index is 6.91. The summed E-state index contributed by atoms with van der Waals surface area (Å²) < 4.78 is 36.9. The number of hydrogen-bond acceptors (Lipinski definition) is 6. The SMILES string of the molecule is COc1ccc(C23COc4c(ccc(C)c4C)C2C2c4ccc(C)c(C)c4OCC2c2cc(OC)c(OC)cc23)cc1OC. The highest BCUT2D eigenvalue weighted by Crippen LogP contribution is 2.67. The van der Waals surface area contributed by atoms with Crippen molar-refractivity contribution < 1.29 is 28.4 Å². The number of aryl methyl sites for hydroxylation is 2. The number of rotatable bonds is 5. The first-order chi connectivity index (χ1) is 21.3. The maximum Gasteiger partial charge on any atom is 0.161 e. The lowest BCUT2D eigenvalue weighted by atomic mass is 9.49. The standard InChI is InChI=1S/C38H40O6/c1-20-9-12-25-34-28(18-43-36(25)22(20)3)27-16-32(41-7)33(42-8)17-29(27)38(24-11-14-30(39-5)31(15-24)40-6)19-44-37-23(4)21(2)10-13-26(37)35(34)38/h9-17,28,34-35H,18-19H2,1-8H3. The van der Waals surface area contributed by atoms with E-state index >= 15 is 0 Å². The number of benzene rings is 4. The van der Waals surface area contributed by atoms with E-state index < -0.39 is 5.41 Å². The number of ether oxygens (including phenoxy) is 6. The summed E-state index contributed by atoms with van der Waals surface area (Å²) in [6, 6.07) is 19.7. The largest absolute Gasteiger partial charge is 0.493 e. The molecule has 0 radical (unpaired) electrons. The van der Waals surface area contributed by atoms with E-state index in [1.165, 1.54) is 38.9 Å².